The van der Waals surface area contributed by atoms with E-state index in [1.165, 1.54) is 101 Å². The molecule has 12 rings (SSSR count). The average Bonchev–Trinajstić information content (AvgIpc) is 3.70. The van der Waals surface area contributed by atoms with Gasteiger partial charge in [-0.2, -0.15) is 0 Å². The van der Waals surface area contributed by atoms with Gasteiger partial charge in [-0.1, -0.05) is 182 Å². The van der Waals surface area contributed by atoms with Crippen molar-refractivity contribution in [3.05, 3.63) is 277 Å². The fourth-order valence-electron chi connectivity index (χ4n) is 10.7. The van der Waals surface area contributed by atoms with Gasteiger partial charge in [0.05, 0.1) is 0 Å². The van der Waals surface area contributed by atoms with Crippen LogP contribution in [0.1, 0.15) is 54.4 Å². The number of hydrogen-bond donors (Lipinski definition) is 0. The highest BCUT2D eigenvalue weighted by Gasteiger charge is 2.22. The fraction of sp³-hybridized carbons (Fsp3) is 0.101. The first-order chi connectivity index (χ1) is 35.2. The summed E-state index contributed by atoms with van der Waals surface area (Å²) in [5, 5.41) is 2.50. The first-order valence-electron chi connectivity index (χ1n) is 25.4. The summed E-state index contributed by atoms with van der Waals surface area (Å²) in [4.78, 5) is 4.96. The van der Waals surface area contributed by atoms with Gasteiger partial charge in [-0.3, -0.25) is 0 Å². The zero-order valence-corrected chi connectivity index (χ0v) is 40.1. The lowest BCUT2D eigenvalue weighted by Gasteiger charge is -2.31. The lowest BCUT2D eigenvalue weighted by molar-refractivity contribution is 0.876. The first kappa shape index (κ1) is 43.8. The molecule has 0 amide bonds. The van der Waals surface area contributed by atoms with Gasteiger partial charge in [0.2, 0.25) is 0 Å². The van der Waals surface area contributed by atoms with Crippen molar-refractivity contribution in [2.75, 3.05) is 9.80 Å². The normalized spacial score (nSPS) is 14.8. The third-order valence-electron chi connectivity index (χ3n) is 14.4. The van der Waals surface area contributed by atoms with Crippen LogP contribution in [0, 0.1) is 0 Å². The summed E-state index contributed by atoms with van der Waals surface area (Å²) in [7, 11) is 0. The van der Waals surface area contributed by atoms with E-state index in [1.54, 1.807) is 0 Å². The Labute approximate surface area is 419 Å². The molecule has 1 aliphatic heterocycles. The maximum atomic E-state index is 2.54. The number of nitrogens with zero attached hydrogens (tertiary/aromatic N) is 2. The number of benzene rings is 9. The highest BCUT2D eigenvalue weighted by atomic mass is 15.1. The second-order valence-electron chi connectivity index (χ2n) is 19.0. The highest BCUT2D eigenvalue weighted by molar-refractivity contribution is 5.89. The number of allylic oxidation sites excluding steroid dienone is 8. The summed E-state index contributed by atoms with van der Waals surface area (Å²) < 4.78 is 0. The van der Waals surface area contributed by atoms with Crippen molar-refractivity contribution in [3.8, 4) is 44.5 Å². The molecule has 3 aliphatic rings. The molecule has 9 aromatic carbocycles. The minimum atomic E-state index is 0.804. The van der Waals surface area contributed by atoms with Gasteiger partial charge in [0.25, 0.3) is 0 Å². The molecule has 0 saturated heterocycles. The molecule has 1 heterocycles. The van der Waals surface area contributed by atoms with Crippen molar-refractivity contribution in [1.29, 1.82) is 0 Å². The Morgan fingerprint density at radius 1 is 0.380 bits per heavy atom. The molecule has 0 unspecified atom stereocenters. The van der Waals surface area contributed by atoms with E-state index >= 15 is 0 Å². The van der Waals surface area contributed by atoms with Crippen LogP contribution in [-0.2, 0) is 13.0 Å². The SMILES string of the molecule is C1=CC(N2Cc3ccccc3/C=C\Cc3c(-c4cccc(N(c5ccc(-c6cc(C7=CCCCC=C7)cc(-c7ccccc7)c6)cc5)c5ccc(-c6ccc7ccccc7c6)cc5)c4)cccc32)=CCC1. The van der Waals surface area contributed by atoms with Crippen molar-refractivity contribution in [2.24, 2.45) is 0 Å². The minimum absolute atomic E-state index is 0.804. The van der Waals surface area contributed by atoms with Crippen LogP contribution in [0.5, 0.6) is 0 Å². The van der Waals surface area contributed by atoms with Crippen molar-refractivity contribution < 1.29 is 0 Å². The number of rotatable bonds is 9. The van der Waals surface area contributed by atoms with E-state index < -0.39 is 0 Å². The van der Waals surface area contributed by atoms with Crippen molar-refractivity contribution in [1.82, 2.24) is 0 Å². The Hall–Kier alpha value is -8.46. The van der Waals surface area contributed by atoms with E-state index in [9.17, 15) is 0 Å². The van der Waals surface area contributed by atoms with Gasteiger partial charge in [-0.25, -0.2) is 0 Å². The fourth-order valence-corrected chi connectivity index (χ4v) is 10.7. The lowest BCUT2D eigenvalue weighted by atomic mass is 9.92. The van der Waals surface area contributed by atoms with Crippen LogP contribution in [0.2, 0.25) is 0 Å². The summed E-state index contributed by atoms with van der Waals surface area (Å²) in [6.07, 6.45) is 25.1. The Kier molecular flexibility index (Phi) is 12.3. The lowest BCUT2D eigenvalue weighted by Crippen LogP contribution is -2.23. The molecule has 342 valence electrons. The van der Waals surface area contributed by atoms with Gasteiger partial charge in [0.1, 0.15) is 0 Å². The van der Waals surface area contributed by atoms with Crippen LogP contribution >= 0.6 is 0 Å². The van der Waals surface area contributed by atoms with Gasteiger partial charge in [-0.05, 0) is 194 Å². The van der Waals surface area contributed by atoms with Crippen LogP contribution in [0.3, 0.4) is 0 Å². The van der Waals surface area contributed by atoms with Crippen molar-refractivity contribution in [2.45, 2.75) is 45.1 Å². The van der Waals surface area contributed by atoms with Crippen molar-refractivity contribution in [3.63, 3.8) is 0 Å². The maximum absolute atomic E-state index is 2.54. The molecule has 0 spiro atoms. The molecule has 2 nitrogen and oxygen atoms in total. The molecule has 0 atom stereocenters. The molecular formula is C69H56N2. The van der Waals surface area contributed by atoms with Crippen molar-refractivity contribution >= 4 is 45.2 Å². The second kappa shape index (κ2) is 19.9. The molecule has 0 radical (unpaired) electrons. The monoisotopic (exact) mass is 912 g/mol. The zero-order chi connectivity index (χ0) is 47.3. The third-order valence-corrected chi connectivity index (χ3v) is 14.4. The maximum Gasteiger partial charge on any atom is 0.0487 e. The Bertz CT molecular complexity index is 3550. The predicted octanol–water partition coefficient (Wildman–Crippen LogP) is 18.9. The molecule has 2 heteroatoms. The summed E-state index contributed by atoms with van der Waals surface area (Å²) in [5.74, 6) is 0. The summed E-state index contributed by atoms with van der Waals surface area (Å²) in [6.45, 7) is 0.804. The van der Waals surface area contributed by atoms with Crippen LogP contribution in [-0.4, -0.2) is 0 Å². The van der Waals surface area contributed by atoms with Crippen LogP contribution < -0.4 is 9.80 Å². The van der Waals surface area contributed by atoms with Gasteiger partial charge in [-0.15, -0.1) is 0 Å². The summed E-state index contributed by atoms with van der Waals surface area (Å²) in [6, 6.07) is 76.4. The number of anilines is 4. The minimum Gasteiger partial charge on any atom is -0.337 e. The van der Waals surface area contributed by atoms with Crippen LogP contribution in [0.4, 0.5) is 22.7 Å². The first-order valence-corrected chi connectivity index (χ1v) is 25.4. The molecule has 0 N–H and O–H groups in total. The zero-order valence-electron chi connectivity index (χ0n) is 40.1. The molecule has 0 fully saturated rings. The van der Waals surface area contributed by atoms with Crippen LogP contribution in [0.25, 0.3) is 66.9 Å². The topological polar surface area (TPSA) is 6.48 Å². The van der Waals surface area contributed by atoms with E-state index in [0.717, 1.165) is 55.7 Å². The van der Waals surface area contributed by atoms with Gasteiger partial charge >= 0.3 is 0 Å². The summed E-state index contributed by atoms with van der Waals surface area (Å²) >= 11 is 0. The van der Waals surface area contributed by atoms with Gasteiger partial charge < -0.3 is 9.80 Å². The molecule has 0 saturated carbocycles. The van der Waals surface area contributed by atoms with Crippen LogP contribution in [0.15, 0.2) is 254 Å². The number of fused-ring (bicyclic) bond motifs is 3. The average molecular weight is 913 g/mol. The Morgan fingerprint density at radius 3 is 1.86 bits per heavy atom. The molecular weight excluding hydrogens is 857 g/mol. The highest BCUT2D eigenvalue weighted by Crippen LogP contribution is 2.42. The second-order valence-corrected chi connectivity index (χ2v) is 19.0. The van der Waals surface area contributed by atoms with E-state index in [-0.39, 0.29) is 0 Å². The molecule has 9 aromatic rings. The molecule has 2 aliphatic carbocycles. The number of hydrogen-bond acceptors (Lipinski definition) is 2. The van der Waals surface area contributed by atoms with E-state index in [2.05, 4.69) is 265 Å². The smallest absolute Gasteiger partial charge is 0.0487 e. The van der Waals surface area contributed by atoms with Gasteiger partial charge in [0.15, 0.2) is 0 Å². The third kappa shape index (κ3) is 9.25. The standard InChI is InChI=1S/C69H56N2/c1-2-6-19-51(18-5-1)60-45-61(52-20-7-3-8-21-52)47-62(46-60)55-38-42-65(43-39-55)71(64-40-36-54(37-41-64)57-35-34-53-23-11-13-24-56(53)44-57)66-30-15-27-58(48-66)67-31-17-33-69-68(67)32-16-26-50-22-12-14-25-59(50)49-70(69)63-28-9-4-10-29-63/h3,5,7-9,11-31,33-48H,1-2,4,6,10,32,49H2/b26-16-. The predicted molar refractivity (Wildman–Crippen MR) is 303 cm³/mol. The Balaban J connectivity index is 0.960. The Morgan fingerprint density at radius 2 is 1.06 bits per heavy atom. The quantitative estimate of drug-likeness (QED) is 0.142. The molecule has 71 heavy (non-hydrogen) atoms. The summed E-state index contributed by atoms with van der Waals surface area (Å²) in [5.41, 5.74) is 22.0. The van der Waals surface area contributed by atoms with E-state index in [0.29, 0.717) is 0 Å². The largest absolute Gasteiger partial charge is 0.337 e. The molecule has 0 bridgehead atoms. The van der Waals surface area contributed by atoms with Gasteiger partial charge in [0, 0.05) is 35.0 Å². The van der Waals surface area contributed by atoms with E-state index in [4.69, 9.17) is 0 Å². The molecule has 0 aromatic heterocycles. The van der Waals surface area contributed by atoms with E-state index in [1.807, 2.05) is 0 Å².